The van der Waals surface area contributed by atoms with Gasteiger partial charge in [0, 0.05) is 37.5 Å². The van der Waals surface area contributed by atoms with Crippen LogP contribution in [-0.4, -0.2) is 53.4 Å². The topological polar surface area (TPSA) is 110 Å². The van der Waals surface area contributed by atoms with Crippen molar-refractivity contribution in [1.82, 2.24) is 19.4 Å². The van der Waals surface area contributed by atoms with E-state index in [1.54, 1.807) is 41.4 Å². The Hall–Kier alpha value is -3.22. The molecule has 1 amide bonds. The molecule has 8 nitrogen and oxygen atoms in total. The van der Waals surface area contributed by atoms with E-state index in [2.05, 4.69) is 16.3 Å². The van der Waals surface area contributed by atoms with Crippen LogP contribution in [0.25, 0.3) is 10.9 Å². The van der Waals surface area contributed by atoms with Gasteiger partial charge in [0.25, 0.3) is 0 Å². The van der Waals surface area contributed by atoms with Crippen molar-refractivity contribution in [2.45, 2.75) is 31.2 Å². The van der Waals surface area contributed by atoms with Crippen LogP contribution in [0.1, 0.15) is 30.9 Å². The number of aromatic nitrogens is 2. The molecule has 0 aliphatic carbocycles. The van der Waals surface area contributed by atoms with E-state index in [1.807, 2.05) is 19.1 Å². The average molecular weight is 452 g/mol. The molecular formula is C23H25N5O3S. The summed E-state index contributed by atoms with van der Waals surface area (Å²) in [6.07, 6.45) is 2.60. The van der Waals surface area contributed by atoms with Crippen molar-refractivity contribution in [2.75, 3.05) is 19.6 Å². The van der Waals surface area contributed by atoms with E-state index in [0.717, 1.165) is 10.9 Å². The van der Waals surface area contributed by atoms with Crippen LogP contribution in [0.15, 0.2) is 53.6 Å². The quantitative estimate of drug-likeness (QED) is 0.620. The Labute approximate surface area is 187 Å². The summed E-state index contributed by atoms with van der Waals surface area (Å²) in [6.45, 7) is 3.42. The lowest BCUT2D eigenvalue weighted by Gasteiger charge is -2.33. The van der Waals surface area contributed by atoms with Crippen LogP contribution in [0.5, 0.6) is 0 Å². The minimum atomic E-state index is -3.64. The van der Waals surface area contributed by atoms with Crippen molar-refractivity contribution in [1.29, 1.82) is 5.26 Å². The number of amides is 1. The molecule has 0 atom stereocenters. The Morgan fingerprint density at radius 3 is 2.72 bits per heavy atom. The number of piperidine rings is 1. The predicted octanol–water partition coefficient (Wildman–Crippen LogP) is 2.88. The Kier molecular flexibility index (Phi) is 6.26. The number of nitrogens with one attached hydrogen (secondary N) is 1. The van der Waals surface area contributed by atoms with E-state index in [1.165, 1.54) is 4.31 Å². The maximum atomic E-state index is 13.1. The number of carbonyl (C=O) groups is 1. The number of fused-ring (bicyclic) bond motifs is 1. The SMILES string of the molecule is CCN(Cc1ccccc1C#N)C(=O)C1CCN(S(=O)(=O)c2ccc3cn[nH]c3c2)CC1. The highest BCUT2D eigenvalue weighted by atomic mass is 32.2. The number of carbonyl (C=O) groups excluding carboxylic acids is 1. The number of rotatable bonds is 6. The van der Waals surface area contributed by atoms with Crippen LogP contribution < -0.4 is 0 Å². The molecule has 1 aliphatic heterocycles. The zero-order valence-electron chi connectivity index (χ0n) is 17.9. The number of nitrogens with zero attached hydrogens (tertiary/aromatic N) is 4. The molecule has 2 aromatic carbocycles. The fraction of sp³-hybridized carbons (Fsp3) is 0.348. The van der Waals surface area contributed by atoms with Crippen LogP contribution in [-0.2, 0) is 21.4 Å². The highest BCUT2D eigenvalue weighted by Crippen LogP contribution is 2.27. The third kappa shape index (κ3) is 4.24. The van der Waals surface area contributed by atoms with E-state index in [4.69, 9.17) is 0 Å². The van der Waals surface area contributed by atoms with Crippen LogP contribution >= 0.6 is 0 Å². The third-order valence-electron chi connectivity index (χ3n) is 6.05. The fourth-order valence-corrected chi connectivity index (χ4v) is 5.64. The summed E-state index contributed by atoms with van der Waals surface area (Å²) in [7, 11) is -3.64. The summed E-state index contributed by atoms with van der Waals surface area (Å²) in [6, 6.07) is 14.4. The molecule has 1 aliphatic rings. The number of benzene rings is 2. The van der Waals surface area contributed by atoms with Gasteiger partial charge in [0.05, 0.1) is 28.2 Å². The van der Waals surface area contributed by atoms with Gasteiger partial charge in [-0.3, -0.25) is 9.89 Å². The summed E-state index contributed by atoms with van der Waals surface area (Å²) >= 11 is 0. The first-order chi connectivity index (χ1) is 15.4. The molecule has 2 heterocycles. The predicted molar refractivity (Wildman–Crippen MR) is 120 cm³/mol. The molecule has 1 saturated heterocycles. The highest BCUT2D eigenvalue weighted by Gasteiger charge is 2.33. The summed E-state index contributed by atoms with van der Waals surface area (Å²) in [5.41, 5.74) is 2.06. The second-order valence-electron chi connectivity index (χ2n) is 7.92. The maximum Gasteiger partial charge on any atom is 0.243 e. The smallest absolute Gasteiger partial charge is 0.243 e. The highest BCUT2D eigenvalue weighted by molar-refractivity contribution is 7.89. The minimum Gasteiger partial charge on any atom is -0.338 e. The number of hydrogen-bond acceptors (Lipinski definition) is 5. The molecule has 0 unspecified atom stereocenters. The number of aromatic amines is 1. The average Bonchev–Trinajstić information content (AvgIpc) is 3.30. The number of sulfonamides is 1. The zero-order chi connectivity index (χ0) is 22.7. The standard InChI is InChI=1S/C23H25N5O3S/c1-2-27(16-20-6-4-3-5-18(20)14-24)23(29)17-9-11-28(12-10-17)32(30,31)21-8-7-19-15-25-26-22(19)13-21/h3-8,13,15,17H,2,9-12,16H2,1H3,(H,25,26). The molecule has 3 aromatic rings. The van der Waals surface area contributed by atoms with Gasteiger partial charge in [-0.15, -0.1) is 0 Å². The summed E-state index contributed by atoms with van der Waals surface area (Å²) in [5, 5.41) is 16.9. The molecule has 4 rings (SSSR count). The van der Waals surface area contributed by atoms with Crippen molar-refractivity contribution in [3.63, 3.8) is 0 Å². The van der Waals surface area contributed by atoms with Gasteiger partial charge >= 0.3 is 0 Å². The molecule has 166 valence electrons. The van der Waals surface area contributed by atoms with E-state index < -0.39 is 10.0 Å². The maximum absolute atomic E-state index is 13.1. The van der Waals surface area contributed by atoms with E-state index in [0.29, 0.717) is 50.1 Å². The van der Waals surface area contributed by atoms with Gasteiger partial charge in [0.15, 0.2) is 0 Å². The third-order valence-corrected chi connectivity index (χ3v) is 7.94. The second-order valence-corrected chi connectivity index (χ2v) is 9.86. The second kappa shape index (κ2) is 9.10. The number of nitriles is 1. The molecule has 0 radical (unpaired) electrons. The van der Waals surface area contributed by atoms with Crippen molar-refractivity contribution in [3.8, 4) is 6.07 Å². The van der Waals surface area contributed by atoms with Crippen LogP contribution in [0.3, 0.4) is 0 Å². The van der Waals surface area contributed by atoms with E-state index in [-0.39, 0.29) is 16.7 Å². The van der Waals surface area contributed by atoms with Gasteiger partial charge in [0.1, 0.15) is 0 Å². The minimum absolute atomic E-state index is 0.0103. The first-order valence-corrected chi connectivity index (χ1v) is 12.1. The lowest BCUT2D eigenvalue weighted by atomic mass is 9.96. The van der Waals surface area contributed by atoms with Gasteiger partial charge in [0.2, 0.25) is 15.9 Å². The van der Waals surface area contributed by atoms with Crippen LogP contribution in [0, 0.1) is 17.2 Å². The number of hydrogen-bond donors (Lipinski definition) is 1. The Bertz CT molecular complexity index is 1270. The lowest BCUT2D eigenvalue weighted by Crippen LogP contribution is -2.44. The van der Waals surface area contributed by atoms with Crippen molar-refractivity contribution < 1.29 is 13.2 Å². The van der Waals surface area contributed by atoms with Gasteiger partial charge in [-0.2, -0.15) is 14.7 Å². The first-order valence-electron chi connectivity index (χ1n) is 10.6. The largest absolute Gasteiger partial charge is 0.338 e. The van der Waals surface area contributed by atoms with Crippen LogP contribution in [0.2, 0.25) is 0 Å². The Balaban J connectivity index is 1.43. The van der Waals surface area contributed by atoms with Gasteiger partial charge in [-0.25, -0.2) is 8.42 Å². The molecular weight excluding hydrogens is 426 g/mol. The molecule has 0 spiro atoms. The van der Waals surface area contributed by atoms with E-state index in [9.17, 15) is 18.5 Å². The molecule has 9 heteroatoms. The van der Waals surface area contributed by atoms with Crippen LogP contribution in [0.4, 0.5) is 0 Å². The lowest BCUT2D eigenvalue weighted by molar-refractivity contribution is -0.137. The normalized spacial score (nSPS) is 15.5. The molecule has 1 aromatic heterocycles. The van der Waals surface area contributed by atoms with E-state index >= 15 is 0 Å². The molecule has 0 bridgehead atoms. The van der Waals surface area contributed by atoms with Crippen molar-refractivity contribution >= 4 is 26.8 Å². The monoisotopic (exact) mass is 451 g/mol. The van der Waals surface area contributed by atoms with Gasteiger partial charge in [-0.1, -0.05) is 18.2 Å². The van der Waals surface area contributed by atoms with Crippen molar-refractivity contribution in [2.24, 2.45) is 5.92 Å². The Morgan fingerprint density at radius 2 is 2.00 bits per heavy atom. The Morgan fingerprint density at radius 1 is 1.25 bits per heavy atom. The number of H-pyrrole nitrogens is 1. The molecule has 32 heavy (non-hydrogen) atoms. The van der Waals surface area contributed by atoms with Gasteiger partial charge < -0.3 is 4.90 Å². The molecule has 1 fully saturated rings. The van der Waals surface area contributed by atoms with Gasteiger partial charge in [-0.05, 0) is 49.6 Å². The summed E-state index contributed by atoms with van der Waals surface area (Å²) in [5.74, 6) is -0.220. The zero-order valence-corrected chi connectivity index (χ0v) is 18.7. The fourth-order valence-electron chi connectivity index (χ4n) is 4.15. The first kappa shape index (κ1) is 22.0. The molecule has 1 N–H and O–H groups in total. The molecule has 0 saturated carbocycles. The van der Waals surface area contributed by atoms with Crippen molar-refractivity contribution in [3.05, 3.63) is 59.8 Å². The summed E-state index contributed by atoms with van der Waals surface area (Å²) < 4.78 is 27.6. The summed E-state index contributed by atoms with van der Waals surface area (Å²) in [4.78, 5) is 15.1.